The van der Waals surface area contributed by atoms with Gasteiger partial charge in [-0.15, -0.1) is 0 Å². The van der Waals surface area contributed by atoms with Crippen molar-refractivity contribution in [3.63, 3.8) is 0 Å². The van der Waals surface area contributed by atoms with Crippen LogP contribution in [0, 0.1) is 0 Å². The number of rotatable bonds is 11. The van der Waals surface area contributed by atoms with E-state index >= 15 is 0 Å². The molecule has 3 unspecified atom stereocenters. The van der Waals surface area contributed by atoms with Crippen molar-refractivity contribution in [1.82, 2.24) is 20.6 Å². The van der Waals surface area contributed by atoms with Crippen LogP contribution in [0.25, 0.3) is 0 Å². The number of benzene rings is 4. The highest BCUT2D eigenvalue weighted by molar-refractivity contribution is 6.30. The number of aromatic nitrogens is 2. The topological polar surface area (TPSA) is 122 Å². The first-order valence-electron chi connectivity index (χ1n) is 15.0. The number of carbonyl (C=O) groups excluding carboxylic acids is 2. The lowest BCUT2D eigenvalue weighted by Crippen LogP contribution is -2.46. The van der Waals surface area contributed by atoms with Crippen LogP contribution in [0.15, 0.2) is 110 Å². The van der Waals surface area contributed by atoms with E-state index in [4.69, 9.17) is 33.7 Å². The molecule has 4 aromatic carbocycles. The Balaban J connectivity index is 1.31. The summed E-state index contributed by atoms with van der Waals surface area (Å²) < 4.78 is 6.13. The maximum absolute atomic E-state index is 13.6. The van der Waals surface area contributed by atoms with Gasteiger partial charge in [-0.2, -0.15) is 0 Å². The molecule has 2 heterocycles. The zero-order valence-electron chi connectivity index (χ0n) is 24.8. The van der Waals surface area contributed by atoms with Crippen molar-refractivity contribution in [1.29, 1.82) is 0 Å². The zero-order chi connectivity index (χ0) is 32.0. The van der Waals surface area contributed by atoms with E-state index < -0.39 is 17.9 Å². The number of nitrogens with two attached hydrogens (primary N) is 1. The van der Waals surface area contributed by atoms with E-state index in [2.05, 4.69) is 32.7 Å². The van der Waals surface area contributed by atoms with Crippen LogP contribution in [0.1, 0.15) is 62.7 Å². The van der Waals surface area contributed by atoms with E-state index in [0.29, 0.717) is 34.4 Å². The molecule has 1 aliphatic heterocycles. The van der Waals surface area contributed by atoms with Crippen LogP contribution in [-0.2, 0) is 11.2 Å². The molecule has 4 atom stereocenters. The van der Waals surface area contributed by atoms with E-state index in [1.165, 1.54) is 0 Å². The SMILES string of the molecule is NC(=O)[C@H](Cc1ccc(Cl)cc1)NC(=O)c1cccc2c1OCCC2NC(c1cnc[nH]1)C(c1ccccc1)c1ccc(Cl)cc1. The average molecular weight is 655 g/mol. The van der Waals surface area contributed by atoms with Gasteiger partial charge in [-0.1, -0.05) is 89.9 Å². The summed E-state index contributed by atoms with van der Waals surface area (Å²) in [6, 6.07) is 29.4. The number of amides is 2. The van der Waals surface area contributed by atoms with Crippen LogP contribution in [0.5, 0.6) is 5.75 Å². The van der Waals surface area contributed by atoms with Crippen LogP contribution >= 0.6 is 23.2 Å². The lowest BCUT2D eigenvalue weighted by molar-refractivity contribution is -0.119. The second-order valence-electron chi connectivity index (χ2n) is 11.3. The van der Waals surface area contributed by atoms with Crippen molar-refractivity contribution in [3.05, 3.63) is 153 Å². The Kier molecular flexibility index (Phi) is 9.68. The summed E-state index contributed by atoms with van der Waals surface area (Å²) in [5, 5.41) is 7.95. The number of imidazole rings is 1. The molecule has 6 rings (SSSR count). The summed E-state index contributed by atoms with van der Waals surface area (Å²) in [7, 11) is 0. The predicted octanol–water partition coefficient (Wildman–Crippen LogP) is 6.53. The molecule has 5 N–H and O–H groups in total. The summed E-state index contributed by atoms with van der Waals surface area (Å²) in [5.74, 6) is -0.695. The van der Waals surface area contributed by atoms with Gasteiger partial charge in [-0.25, -0.2) is 4.98 Å². The monoisotopic (exact) mass is 653 g/mol. The summed E-state index contributed by atoms with van der Waals surface area (Å²) >= 11 is 12.3. The summed E-state index contributed by atoms with van der Waals surface area (Å²) in [6.45, 7) is 0.394. The third-order valence-corrected chi connectivity index (χ3v) is 8.78. The summed E-state index contributed by atoms with van der Waals surface area (Å²) in [6.07, 6.45) is 4.41. The van der Waals surface area contributed by atoms with Crippen molar-refractivity contribution in [2.75, 3.05) is 6.61 Å². The Hall–Kier alpha value is -4.63. The molecular weight excluding hydrogens is 621 g/mol. The second kappa shape index (κ2) is 14.2. The third kappa shape index (κ3) is 7.10. The molecule has 5 aromatic rings. The van der Waals surface area contributed by atoms with E-state index in [1.807, 2.05) is 60.8 Å². The standard InChI is InChI=1S/C36H33Cl2N5O3/c37-25-13-9-22(10-14-25)19-30(35(39)44)43-36(45)28-8-4-7-27-29(17-18-46-34(27)28)42-33(31-20-40-21-41-31)32(23-5-2-1-3-6-23)24-11-15-26(38)16-12-24/h1-16,20-21,29-30,32-33,42H,17-19H2,(H2,39,44)(H,40,41)(H,43,45)/t29?,30-,32?,33?/m0/s1. The van der Waals surface area contributed by atoms with Crippen LogP contribution < -0.4 is 21.1 Å². The maximum atomic E-state index is 13.6. The molecule has 0 aliphatic carbocycles. The molecule has 10 heteroatoms. The predicted molar refractivity (Wildman–Crippen MR) is 179 cm³/mol. The number of primary amides is 1. The number of aromatic amines is 1. The molecule has 8 nitrogen and oxygen atoms in total. The van der Waals surface area contributed by atoms with Gasteiger partial charge in [0.1, 0.15) is 11.8 Å². The molecule has 1 aliphatic rings. The van der Waals surface area contributed by atoms with Crippen molar-refractivity contribution in [3.8, 4) is 5.75 Å². The van der Waals surface area contributed by atoms with Gasteiger partial charge in [0, 0.05) is 46.6 Å². The number of H-pyrrole nitrogens is 1. The number of para-hydroxylation sites is 1. The second-order valence-corrected chi connectivity index (χ2v) is 12.1. The first-order chi connectivity index (χ1) is 22.4. The average Bonchev–Trinajstić information content (AvgIpc) is 3.61. The molecule has 46 heavy (non-hydrogen) atoms. The molecular formula is C36H33Cl2N5O3. The Morgan fingerprint density at radius 1 is 0.913 bits per heavy atom. The van der Waals surface area contributed by atoms with Gasteiger partial charge < -0.3 is 26.1 Å². The van der Waals surface area contributed by atoms with Crippen molar-refractivity contribution in [2.45, 2.75) is 36.9 Å². The number of fused-ring (bicyclic) bond motifs is 1. The fraction of sp³-hybridized carbons (Fsp3) is 0.194. The highest BCUT2D eigenvalue weighted by Crippen LogP contribution is 2.41. The Labute approximate surface area is 277 Å². The number of halogens is 2. The fourth-order valence-corrected chi connectivity index (χ4v) is 6.27. The van der Waals surface area contributed by atoms with Gasteiger partial charge >= 0.3 is 0 Å². The van der Waals surface area contributed by atoms with E-state index in [0.717, 1.165) is 27.9 Å². The molecule has 0 bridgehead atoms. The largest absolute Gasteiger partial charge is 0.492 e. The first-order valence-corrected chi connectivity index (χ1v) is 15.8. The van der Waals surface area contributed by atoms with Gasteiger partial charge in [-0.3, -0.25) is 9.59 Å². The molecule has 0 spiro atoms. The number of hydrogen-bond donors (Lipinski definition) is 4. The highest BCUT2D eigenvalue weighted by atomic mass is 35.5. The number of ether oxygens (including phenoxy) is 1. The Morgan fingerprint density at radius 2 is 1.61 bits per heavy atom. The molecule has 1 aromatic heterocycles. The van der Waals surface area contributed by atoms with Crippen molar-refractivity contribution in [2.24, 2.45) is 5.73 Å². The van der Waals surface area contributed by atoms with E-state index in [1.54, 1.807) is 36.7 Å². The quantitative estimate of drug-likeness (QED) is 0.129. The molecule has 2 amide bonds. The summed E-state index contributed by atoms with van der Waals surface area (Å²) in [5.41, 5.74) is 10.8. The molecule has 0 fully saturated rings. The lowest BCUT2D eigenvalue weighted by atomic mass is 9.82. The minimum atomic E-state index is -0.919. The molecule has 0 saturated carbocycles. The van der Waals surface area contributed by atoms with Gasteiger partial charge in [0.15, 0.2) is 0 Å². The Morgan fingerprint density at radius 3 is 2.28 bits per heavy atom. The van der Waals surface area contributed by atoms with Gasteiger partial charge in [0.2, 0.25) is 5.91 Å². The van der Waals surface area contributed by atoms with Crippen LogP contribution in [0.4, 0.5) is 0 Å². The number of carbonyl (C=O) groups is 2. The smallest absolute Gasteiger partial charge is 0.255 e. The highest BCUT2D eigenvalue weighted by Gasteiger charge is 2.34. The minimum absolute atomic E-state index is 0.0964. The van der Waals surface area contributed by atoms with Crippen molar-refractivity contribution >= 4 is 35.0 Å². The van der Waals surface area contributed by atoms with Gasteiger partial charge in [0.25, 0.3) is 5.91 Å². The summed E-state index contributed by atoms with van der Waals surface area (Å²) in [4.78, 5) is 33.6. The normalized spacial score (nSPS) is 16.0. The zero-order valence-corrected chi connectivity index (χ0v) is 26.3. The van der Waals surface area contributed by atoms with Crippen LogP contribution in [0.2, 0.25) is 10.0 Å². The number of nitrogens with one attached hydrogen (secondary N) is 3. The minimum Gasteiger partial charge on any atom is -0.492 e. The van der Waals surface area contributed by atoms with E-state index in [-0.39, 0.29) is 24.4 Å². The van der Waals surface area contributed by atoms with E-state index in [9.17, 15) is 9.59 Å². The molecule has 0 radical (unpaired) electrons. The van der Waals surface area contributed by atoms with Crippen LogP contribution in [0.3, 0.4) is 0 Å². The maximum Gasteiger partial charge on any atom is 0.255 e. The van der Waals surface area contributed by atoms with Gasteiger partial charge in [-0.05, 0) is 47.0 Å². The van der Waals surface area contributed by atoms with Crippen molar-refractivity contribution < 1.29 is 14.3 Å². The Bertz CT molecular complexity index is 1780. The molecule has 234 valence electrons. The third-order valence-electron chi connectivity index (χ3n) is 8.28. The number of hydrogen-bond acceptors (Lipinski definition) is 5. The molecule has 0 saturated heterocycles. The fourth-order valence-electron chi connectivity index (χ4n) is 6.02. The number of nitrogens with zero attached hydrogens (tertiary/aromatic N) is 1. The first kappa shape index (κ1) is 31.4. The lowest BCUT2D eigenvalue weighted by Gasteiger charge is -2.35. The van der Waals surface area contributed by atoms with Gasteiger partial charge in [0.05, 0.1) is 30.2 Å². The van der Waals surface area contributed by atoms with Crippen LogP contribution in [-0.4, -0.2) is 34.4 Å².